The molecule has 146 valence electrons. The van der Waals surface area contributed by atoms with Crippen molar-refractivity contribution in [3.8, 4) is 16.9 Å². The van der Waals surface area contributed by atoms with Crippen LogP contribution in [0.3, 0.4) is 0 Å². The lowest BCUT2D eigenvalue weighted by Gasteiger charge is -2.07. The molecule has 4 aromatic heterocycles. The Bertz CT molecular complexity index is 1330. The second-order valence-corrected chi connectivity index (χ2v) is 7.06. The highest BCUT2D eigenvalue weighted by atomic mass is 16.1. The average molecular weight is 393 g/mol. The maximum Gasteiger partial charge on any atom is 0.276 e. The molecule has 0 unspecified atom stereocenters. The van der Waals surface area contributed by atoms with Crippen molar-refractivity contribution in [2.24, 2.45) is 0 Å². The second kappa shape index (κ2) is 7.33. The van der Waals surface area contributed by atoms with Crippen LogP contribution in [-0.2, 0) is 0 Å². The monoisotopic (exact) mass is 393 g/mol. The van der Waals surface area contributed by atoms with Gasteiger partial charge in [-0.2, -0.15) is 5.10 Å². The Morgan fingerprint density at radius 3 is 2.53 bits per heavy atom. The minimum absolute atomic E-state index is 0.273. The normalized spacial score (nSPS) is 11.0. The van der Waals surface area contributed by atoms with Gasteiger partial charge in [0.2, 0.25) is 0 Å². The third-order valence-corrected chi connectivity index (χ3v) is 4.96. The number of nitrogens with zero attached hydrogens (tertiary/aromatic N) is 4. The summed E-state index contributed by atoms with van der Waals surface area (Å²) in [7, 11) is 0. The van der Waals surface area contributed by atoms with Gasteiger partial charge in [-0.05, 0) is 54.4 Å². The first-order valence-electron chi connectivity index (χ1n) is 9.64. The van der Waals surface area contributed by atoms with E-state index in [1.165, 1.54) is 0 Å². The number of hydrogen-bond acceptors (Lipinski definition) is 3. The first-order valence-corrected chi connectivity index (χ1v) is 9.64. The Morgan fingerprint density at radius 2 is 1.73 bits per heavy atom. The van der Waals surface area contributed by atoms with E-state index >= 15 is 0 Å². The third-order valence-electron chi connectivity index (χ3n) is 4.96. The van der Waals surface area contributed by atoms with Crippen molar-refractivity contribution in [1.82, 2.24) is 19.2 Å². The minimum atomic E-state index is -0.273. The first-order chi connectivity index (χ1) is 14.7. The molecule has 0 saturated heterocycles. The van der Waals surface area contributed by atoms with Crippen LogP contribution in [0.5, 0.6) is 0 Å². The number of amides is 1. The van der Waals surface area contributed by atoms with E-state index in [-0.39, 0.29) is 5.91 Å². The smallest absolute Gasteiger partial charge is 0.276 e. The first kappa shape index (κ1) is 17.9. The number of carbonyl (C=O) groups is 1. The summed E-state index contributed by atoms with van der Waals surface area (Å²) in [5.41, 5.74) is 5.18. The van der Waals surface area contributed by atoms with Gasteiger partial charge in [0, 0.05) is 23.6 Å². The topological polar surface area (TPSA) is 64.2 Å². The summed E-state index contributed by atoms with van der Waals surface area (Å²) in [6.07, 6.45) is 5.51. The number of benzene rings is 1. The summed E-state index contributed by atoms with van der Waals surface area (Å²) in [5.74, 6) is 0.587. The number of aromatic nitrogens is 4. The summed E-state index contributed by atoms with van der Waals surface area (Å²) < 4.78 is 3.78. The van der Waals surface area contributed by atoms with Crippen LogP contribution in [0.2, 0.25) is 0 Å². The predicted molar refractivity (Wildman–Crippen MR) is 117 cm³/mol. The number of nitrogens with one attached hydrogen (secondary N) is 1. The van der Waals surface area contributed by atoms with E-state index in [9.17, 15) is 4.79 Å². The van der Waals surface area contributed by atoms with Crippen LogP contribution < -0.4 is 5.32 Å². The van der Waals surface area contributed by atoms with Gasteiger partial charge in [-0.3, -0.25) is 9.78 Å². The highest BCUT2D eigenvalue weighted by Gasteiger charge is 2.13. The molecule has 0 bridgehead atoms. The van der Waals surface area contributed by atoms with Gasteiger partial charge in [0.15, 0.2) is 5.69 Å². The molecule has 0 atom stereocenters. The van der Waals surface area contributed by atoms with E-state index in [1.807, 2.05) is 49.4 Å². The summed E-state index contributed by atoms with van der Waals surface area (Å²) in [6, 6.07) is 23.8. The lowest BCUT2D eigenvalue weighted by molar-refractivity contribution is 0.102. The van der Waals surface area contributed by atoms with Crippen molar-refractivity contribution >= 4 is 17.1 Å². The Kier molecular flexibility index (Phi) is 4.37. The quantitative estimate of drug-likeness (QED) is 0.479. The third kappa shape index (κ3) is 3.35. The standard InChI is InChI=1S/C24H19N5O/c1-17-7-9-20(15-25-17)26-24(30)22-13-14-29(27-22)23-12-11-21-10-8-19(16-28(21)23)18-5-3-2-4-6-18/h2-16H,1H3,(H,26,30). The Hall–Kier alpha value is -4.19. The van der Waals surface area contributed by atoms with Crippen LogP contribution in [0.15, 0.2) is 91.4 Å². The molecule has 0 aliphatic carbocycles. The zero-order valence-electron chi connectivity index (χ0n) is 16.4. The molecule has 1 amide bonds. The van der Waals surface area contributed by atoms with Crippen molar-refractivity contribution in [1.29, 1.82) is 0 Å². The van der Waals surface area contributed by atoms with Crippen molar-refractivity contribution in [3.05, 3.63) is 103 Å². The van der Waals surface area contributed by atoms with E-state index in [2.05, 4.69) is 50.3 Å². The molecule has 6 heteroatoms. The summed E-state index contributed by atoms with van der Waals surface area (Å²) in [4.78, 5) is 16.8. The average Bonchev–Trinajstić information content (AvgIpc) is 3.42. The van der Waals surface area contributed by atoms with Crippen LogP contribution in [0, 0.1) is 6.92 Å². The number of carbonyl (C=O) groups excluding carboxylic acids is 1. The molecule has 6 nitrogen and oxygen atoms in total. The maximum absolute atomic E-state index is 12.6. The van der Waals surface area contributed by atoms with Crippen LogP contribution >= 0.6 is 0 Å². The van der Waals surface area contributed by atoms with Crippen LogP contribution in [-0.4, -0.2) is 25.1 Å². The van der Waals surface area contributed by atoms with Gasteiger partial charge in [0.05, 0.1) is 11.9 Å². The van der Waals surface area contributed by atoms with Crippen molar-refractivity contribution < 1.29 is 4.79 Å². The molecule has 0 fully saturated rings. The van der Waals surface area contributed by atoms with E-state index < -0.39 is 0 Å². The molecule has 0 radical (unpaired) electrons. The fourth-order valence-electron chi connectivity index (χ4n) is 3.38. The minimum Gasteiger partial charge on any atom is -0.319 e. The molecule has 0 aliphatic heterocycles. The van der Waals surface area contributed by atoms with Crippen molar-refractivity contribution in [2.45, 2.75) is 6.92 Å². The molecule has 4 heterocycles. The second-order valence-electron chi connectivity index (χ2n) is 7.06. The van der Waals surface area contributed by atoms with Crippen molar-refractivity contribution in [2.75, 3.05) is 5.32 Å². The Balaban J connectivity index is 1.45. The number of aryl methyl sites for hydroxylation is 1. The van der Waals surface area contributed by atoms with E-state index in [0.29, 0.717) is 11.4 Å². The van der Waals surface area contributed by atoms with Gasteiger partial charge in [-0.1, -0.05) is 36.4 Å². The molecule has 5 rings (SSSR count). The van der Waals surface area contributed by atoms with Crippen LogP contribution in [0.25, 0.3) is 22.5 Å². The fraction of sp³-hybridized carbons (Fsp3) is 0.0417. The highest BCUT2D eigenvalue weighted by Crippen LogP contribution is 2.23. The number of pyridine rings is 2. The molecule has 1 N–H and O–H groups in total. The number of hydrogen-bond donors (Lipinski definition) is 1. The predicted octanol–water partition coefficient (Wildman–Crippen LogP) is 4.75. The van der Waals surface area contributed by atoms with Gasteiger partial charge in [0.25, 0.3) is 5.91 Å². The van der Waals surface area contributed by atoms with Gasteiger partial charge in [-0.15, -0.1) is 0 Å². The van der Waals surface area contributed by atoms with Crippen LogP contribution in [0.4, 0.5) is 5.69 Å². The van der Waals surface area contributed by atoms with E-state index in [1.54, 1.807) is 23.1 Å². The largest absolute Gasteiger partial charge is 0.319 e. The Morgan fingerprint density at radius 1 is 0.900 bits per heavy atom. The Labute approximate surface area is 173 Å². The summed E-state index contributed by atoms with van der Waals surface area (Å²) in [6.45, 7) is 1.90. The van der Waals surface area contributed by atoms with Crippen LogP contribution in [0.1, 0.15) is 16.2 Å². The zero-order chi connectivity index (χ0) is 20.5. The molecule has 30 heavy (non-hydrogen) atoms. The SMILES string of the molecule is Cc1ccc(NC(=O)c2ccn(-c3ccc4ccc(-c5ccccc5)cn34)n2)cn1. The van der Waals surface area contributed by atoms with E-state index in [4.69, 9.17) is 0 Å². The lowest BCUT2D eigenvalue weighted by atomic mass is 10.1. The molecular weight excluding hydrogens is 374 g/mol. The van der Waals surface area contributed by atoms with Gasteiger partial charge < -0.3 is 9.72 Å². The summed E-state index contributed by atoms with van der Waals surface area (Å²) in [5, 5.41) is 7.31. The fourth-order valence-corrected chi connectivity index (χ4v) is 3.38. The zero-order valence-corrected chi connectivity index (χ0v) is 16.4. The maximum atomic E-state index is 12.6. The van der Waals surface area contributed by atoms with Gasteiger partial charge >= 0.3 is 0 Å². The molecule has 1 aromatic carbocycles. The molecule has 0 saturated carbocycles. The molecular formula is C24H19N5O. The summed E-state index contributed by atoms with van der Waals surface area (Å²) >= 11 is 0. The molecule has 0 aliphatic rings. The van der Waals surface area contributed by atoms with E-state index in [0.717, 1.165) is 28.2 Å². The van der Waals surface area contributed by atoms with Gasteiger partial charge in [-0.25, -0.2) is 4.68 Å². The number of anilines is 1. The molecule has 5 aromatic rings. The highest BCUT2D eigenvalue weighted by molar-refractivity contribution is 6.02. The number of rotatable bonds is 4. The molecule has 0 spiro atoms. The lowest BCUT2D eigenvalue weighted by Crippen LogP contribution is -2.13. The van der Waals surface area contributed by atoms with Gasteiger partial charge in [0.1, 0.15) is 5.82 Å². The number of fused-ring (bicyclic) bond motifs is 1. The van der Waals surface area contributed by atoms with Crippen molar-refractivity contribution in [3.63, 3.8) is 0 Å².